The molecule has 1 unspecified atom stereocenters. The van der Waals surface area contributed by atoms with Crippen LogP contribution in [0.1, 0.15) is 20.3 Å². The zero-order valence-electron chi connectivity index (χ0n) is 7.11. The molecular formula is C7H12O4S. The Morgan fingerprint density at radius 2 is 2.08 bits per heavy atom. The number of cyclic esters (lactones) is 1. The Morgan fingerprint density at radius 1 is 1.58 bits per heavy atom. The Kier molecular flexibility index (Phi) is 2.41. The van der Waals surface area contributed by atoms with Crippen LogP contribution in [0.15, 0.2) is 0 Å². The Labute approximate surface area is 71.8 Å². The Balaban J connectivity index is 2.47. The number of rotatable bonds is 3. The molecule has 1 aliphatic rings. The minimum Gasteiger partial charge on any atom is -0.461 e. The number of carbonyl (C=O) groups excluding carboxylic acids is 1. The summed E-state index contributed by atoms with van der Waals surface area (Å²) >= 11 is 0. The largest absolute Gasteiger partial charge is 0.461 e. The summed E-state index contributed by atoms with van der Waals surface area (Å²) in [4.78, 5) is 10.3. The highest BCUT2D eigenvalue weighted by atomic mass is 32.2. The van der Waals surface area contributed by atoms with Gasteiger partial charge in [-0.25, -0.2) is 8.42 Å². The van der Waals surface area contributed by atoms with Crippen molar-refractivity contribution < 1.29 is 17.9 Å². The van der Waals surface area contributed by atoms with Crippen LogP contribution in [0.4, 0.5) is 0 Å². The van der Waals surface area contributed by atoms with Gasteiger partial charge in [0.1, 0.15) is 6.10 Å². The molecule has 0 aromatic rings. The van der Waals surface area contributed by atoms with Crippen molar-refractivity contribution >= 4 is 15.8 Å². The van der Waals surface area contributed by atoms with Crippen LogP contribution < -0.4 is 0 Å². The molecule has 12 heavy (non-hydrogen) atoms. The monoisotopic (exact) mass is 192 g/mol. The summed E-state index contributed by atoms with van der Waals surface area (Å²) in [5, 5.41) is -0.392. The van der Waals surface area contributed by atoms with E-state index in [-0.39, 0.29) is 18.1 Å². The highest BCUT2D eigenvalue weighted by Gasteiger charge is 2.33. The molecule has 0 aliphatic carbocycles. The zero-order chi connectivity index (χ0) is 9.35. The molecule has 0 aromatic heterocycles. The number of carbonyl (C=O) groups is 1. The molecule has 0 aromatic carbocycles. The molecule has 0 spiro atoms. The predicted molar refractivity (Wildman–Crippen MR) is 43.4 cm³/mol. The molecule has 0 bridgehead atoms. The minimum absolute atomic E-state index is 0.0313. The first kappa shape index (κ1) is 9.51. The highest BCUT2D eigenvalue weighted by Crippen LogP contribution is 2.16. The van der Waals surface area contributed by atoms with Crippen LogP contribution >= 0.6 is 0 Å². The summed E-state index contributed by atoms with van der Waals surface area (Å²) in [6.45, 7) is 3.24. The van der Waals surface area contributed by atoms with E-state index in [2.05, 4.69) is 4.74 Å². The topological polar surface area (TPSA) is 60.4 Å². The summed E-state index contributed by atoms with van der Waals surface area (Å²) < 4.78 is 27.1. The second kappa shape index (κ2) is 3.05. The van der Waals surface area contributed by atoms with E-state index in [1.807, 2.05) is 0 Å². The molecule has 5 heteroatoms. The lowest BCUT2D eigenvalue weighted by molar-refractivity contribution is -0.166. The van der Waals surface area contributed by atoms with E-state index in [4.69, 9.17) is 0 Å². The first-order valence-electron chi connectivity index (χ1n) is 3.83. The molecule has 0 amide bonds. The first-order valence-corrected chi connectivity index (χ1v) is 5.54. The summed E-state index contributed by atoms with van der Waals surface area (Å²) in [5.41, 5.74) is 0. The van der Waals surface area contributed by atoms with E-state index in [1.165, 1.54) is 0 Å². The second-order valence-electron chi connectivity index (χ2n) is 3.19. The smallest absolute Gasteiger partial charge is 0.309 e. The van der Waals surface area contributed by atoms with Crippen LogP contribution in [0, 0.1) is 0 Å². The van der Waals surface area contributed by atoms with Crippen LogP contribution in [0.25, 0.3) is 0 Å². The molecule has 0 N–H and O–H groups in total. The standard InChI is InChI=1S/C7H12O4S/c1-5(2)12(9,10)4-6-3-7(8)11-6/h5-6H,3-4H2,1-2H3. The lowest BCUT2D eigenvalue weighted by Gasteiger charge is -2.25. The summed E-state index contributed by atoms with van der Waals surface area (Å²) in [7, 11) is -3.06. The van der Waals surface area contributed by atoms with Crippen molar-refractivity contribution in [1.82, 2.24) is 0 Å². The van der Waals surface area contributed by atoms with Gasteiger partial charge in [-0.3, -0.25) is 4.79 Å². The molecule has 1 atom stereocenters. The fraction of sp³-hybridized carbons (Fsp3) is 0.857. The number of esters is 1. The lowest BCUT2D eigenvalue weighted by Crippen LogP contribution is -2.40. The fourth-order valence-corrected chi connectivity index (χ4v) is 2.00. The van der Waals surface area contributed by atoms with E-state index >= 15 is 0 Å². The third-order valence-electron chi connectivity index (χ3n) is 1.83. The van der Waals surface area contributed by atoms with Gasteiger partial charge in [0.2, 0.25) is 0 Å². The zero-order valence-corrected chi connectivity index (χ0v) is 7.93. The third kappa shape index (κ3) is 1.97. The minimum atomic E-state index is -3.06. The molecule has 70 valence electrons. The summed E-state index contributed by atoms with van der Waals surface area (Å²) in [6, 6.07) is 0. The Hall–Kier alpha value is -0.580. The van der Waals surface area contributed by atoms with Gasteiger partial charge < -0.3 is 4.74 Å². The number of sulfone groups is 1. The molecule has 4 nitrogen and oxygen atoms in total. The van der Waals surface area contributed by atoms with Gasteiger partial charge in [-0.2, -0.15) is 0 Å². The molecular weight excluding hydrogens is 180 g/mol. The molecule has 1 rings (SSSR count). The third-order valence-corrected chi connectivity index (χ3v) is 4.10. The molecule has 0 saturated carbocycles. The highest BCUT2D eigenvalue weighted by molar-refractivity contribution is 7.92. The van der Waals surface area contributed by atoms with Gasteiger partial charge in [0.05, 0.1) is 17.4 Å². The van der Waals surface area contributed by atoms with Crippen molar-refractivity contribution in [2.24, 2.45) is 0 Å². The normalized spacial score (nSPS) is 23.6. The van der Waals surface area contributed by atoms with E-state index in [9.17, 15) is 13.2 Å². The van der Waals surface area contributed by atoms with E-state index < -0.39 is 21.2 Å². The van der Waals surface area contributed by atoms with Crippen molar-refractivity contribution in [3.63, 3.8) is 0 Å². The predicted octanol–water partition coefficient (Wildman–Crippen LogP) is 0.125. The van der Waals surface area contributed by atoms with Gasteiger partial charge in [-0.05, 0) is 13.8 Å². The van der Waals surface area contributed by atoms with Gasteiger partial charge in [-0.1, -0.05) is 0 Å². The maximum absolute atomic E-state index is 11.2. The second-order valence-corrected chi connectivity index (χ2v) is 5.80. The van der Waals surface area contributed by atoms with Crippen molar-refractivity contribution in [2.45, 2.75) is 31.6 Å². The van der Waals surface area contributed by atoms with Gasteiger partial charge in [0, 0.05) is 0 Å². The van der Waals surface area contributed by atoms with Gasteiger partial charge in [0.25, 0.3) is 0 Å². The molecule has 1 heterocycles. The molecule has 0 radical (unpaired) electrons. The number of hydrogen-bond donors (Lipinski definition) is 0. The SMILES string of the molecule is CC(C)S(=O)(=O)CC1CC(=O)O1. The maximum atomic E-state index is 11.2. The van der Waals surface area contributed by atoms with E-state index in [0.717, 1.165) is 0 Å². The fourth-order valence-electron chi connectivity index (χ4n) is 0.907. The molecule has 1 saturated heterocycles. The van der Waals surface area contributed by atoms with Gasteiger partial charge in [0.15, 0.2) is 9.84 Å². The van der Waals surface area contributed by atoms with E-state index in [1.54, 1.807) is 13.8 Å². The Bertz CT molecular complexity index is 270. The maximum Gasteiger partial charge on any atom is 0.309 e. The number of hydrogen-bond acceptors (Lipinski definition) is 4. The van der Waals surface area contributed by atoms with Crippen LogP contribution in [0.3, 0.4) is 0 Å². The van der Waals surface area contributed by atoms with Crippen LogP contribution in [0.5, 0.6) is 0 Å². The molecule has 1 aliphatic heterocycles. The van der Waals surface area contributed by atoms with E-state index in [0.29, 0.717) is 0 Å². The Morgan fingerprint density at radius 3 is 2.42 bits per heavy atom. The van der Waals surface area contributed by atoms with Crippen molar-refractivity contribution in [3.05, 3.63) is 0 Å². The molecule has 1 fully saturated rings. The summed E-state index contributed by atoms with van der Waals surface area (Å²) in [5.74, 6) is -0.338. The van der Waals surface area contributed by atoms with Crippen LogP contribution in [-0.4, -0.2) is 31.5 Å². The number of ether oxygens (including phenoxy) is 1. The first-order chi connectivity index (χ1) is 5.42. The van der Waals surface area contributed by atoms with Gasteiger partial charge >= 0.3 is 5.97 Å². The quantitative estimate of drug-likeness (QED) is 0.596. The van der Waals surface area contributed by atoms with Crippen molar-refractivity contribution in [1.29, 1.82) is 0 Å². The van der Waals surface area contributed by atoms with Crippen molar-refractivity contribution in [3.8, 4) is 0 Å². The average Bonchev–Trinajstić information content (AvgIpc) is 1.83. The lowest BCUT2D eigenvalue weighted by atomic mass is 10.2. The average molecular weight is 192 g/mol. The van der Waals surface area contributed by atoms with Crippen LogP contribution in [0.2, 0.25) is 0 Å². The van der Waals surface area contributed by atoms with Gasteiger partial charge in [-0.15, -0.1) is 0 Å². The van der Waals surface area contributed by atoms with Crippen molar-refractivity contribution in [2.75, 3.05) is 5.75 Å². The summed E-state index contributed by atoms with van der Waals surface area (Å²) in [6.07, 6.45) is -0.156. The van der Waals surface area contributed by atoms with Crippen LogP contribution in [-0.2, 0) is 19.4 Å².